The van der Waals surface area contributed by atoms with Crippen LogP contribution in [0.2, 0.25) is 0 Å². The predicted molar refractivity (Wildman–Crippen MR) is 104 cm³/mol. The number of benzene rings is 3. The second-order valence-corrected chi connectivity index (χ2v) is 6.34. The predicted octanol–water partition coefficient (Wildman–Crippen LogP) is 4.92. The molecule has 0 atom stereocenters. The van der Waals surface area contributed by atoms with Gasteiger partial charge in [0.1, 0.15) is 5.82 Å². The van der Waals surface area contributed by atoms with E-state index in [0.717, 1.165) is 28.0 Å². The van der Waals surface area contributed by atoms with Gasteiger partial charge in [0.25, 0.3) is 0 Å². The molecule has 0 N–H and O–H groups in total. The summed E-state index contributed by atoms with van der Waals surface area (Å²) < 4.78 is 2.03. The Labute approximate surface area is 150 Å². The number of nitrogens with zero attached hydrogens (tertiary/aromatic N) is 4. The molecule has 0 radical (unpaired) electrons. The molecule has 4 nitrogen and oxygen atoms in total. The highest BCUT2D eigenvalue weighted by Gasteiger charge is 2.15. The summed E-state index contributed by atoms with van der Waals surface area (Å²) >= 11 is 0. The molecule has 124 valence electrons. The zero-order valence-corrected chi connectivity index (χ0v) is 14.3. The van der Waals surface area contributed by atoms with Crippen LogP contribution in [0, 0.1) is 6.92 Å². The van der Waals surface area contributed by atoms with Crippen molar-refractivity contribution >= 4 is 16.8 Å². The lowest BCUT2D eigenvalue weighted by Crippen LogP contribution is -2.01. The highest BCUT2D eigenvalue weighted by molar-refractivity contribution is 5.82. The minimum absolute atomic E-state index is 0.663. The molecule has 26 heavy (non-hydrogen) atoms. The second kappa shape index (κ2) is 5.77. The van der Waals surface area contributed by atoms with Crippen molar-refractivity contribution in [3.05, 3.63) is 84.4 Å². The Morgan fingerprint density at radius 3 is 2.19 bits per heavy atom. The van der Waals surface area contributed by atoms with Gasteiger partial charge < -0.3 is 0 Å². The first-order valence-corrected chi connectivity index (χ1v) is 8.57. The van der Waals surface area contributed by atoms with E-state index in [1.54, 1.807) is 0 Å². The van der Waals surface area contributed by atoms with Crippen LogP contribution < -0.4 is 0 Å². The third-order valence-electron chi connectivity index (χ3n) is 4.51. The van der Waals surface area contributed by atoms with Crippen molar-refractivity contribution < 1.29 is 0 Å². The summed E-state index contributed by atoms with van der Waals surface area (Å²) in [6.45, 7) is 2.08. The standard InChI is InChI=1S/C22H16N4/c1-15-11-13-17(14-12-15)21-24-20(16-7-3-2-4-8-16)25-22-23-18-9-5-6-10-19(18)26(21)22/h2-14H,1H3. The number of hydrogen-bond donors (Lipinski definition) is 0. The molecule has 0 saturated carbocycles. The zero-order chi connectivity index (χ0) is 17.5. The van der Waals surface area contributed by atoms with Gasteiger partial charge in [-0.2, -0.15) is 4.98 Å². The number of para-hydroxylation sites is 2. The molecule has 0 aliphatic heterocycles. The Morgan fingerprint density at radius 1 is 0.654 bits per heavy atom. The van der Waals surface area contributed by atoms with E-state index in [2.05, 4.69) is 37.3 Å². The average molecular weight is 336 g/mol. The molecule has 2 heterocycles. The van der Waals surface area contributed by atoms with Crippen molar-refractivity contribution in [2.45, 2.75) is 6.92 Å². The van der Waals surface area contributed by atoms with Gasteiger partial charge in [0.15, 0.2) is 5.82 Å². The molecule has 0 spiro atoms. The van der Waals surface area contributed by atoms with Crippen LogP contribution in [-0.2, 0) is 0 Å². The molecule has 5 rings (SSSR count). The summed E-state index contributed by atoms with van der Waals surface area (Å²) in [7, 11) is 0. The fourth-order valence-electron chi connectivity index (χ4n) is 3.18. The quantitative estimate of drug-likeness (QED) is 0.459. The zero-order valence-electron chi connectivity index (χ0n) is 14.3. The Balaban J connectivity index is 1.88. The lowest BCUT2D eigenvalue weighted by atomic mass is 10.1. The minimum atomic E-state index is 0.663. The number of rotatable bonds is 2. The summed E-state index contributed by atoms with van der Waals surface area (Å²) in [5.74, 6) is 2.20. The van der Waals surface area contributed by atoms with Crippen LogP contribution in [0.5, 0.6) is 0 Å². The summed E-state index contributed by atoms with van der Waals surface area (Å²) in [5, 5.41) is 0. The molecule has 0 unspecified atom stereocenters. The van der Waals surface area contributed by atoms with Gasteiger partial charge in [-0.3, -0.25) is 4.40 Å². The highest BCUT2D eigenvalue weighted by atomic mass is 15.2. The molecule has 0 bridgehead atoms. The highest BCUT2D eigenvalue weighted by Crippen LogP contribution is 2.26. The van der Waals surface area contributed by atoms with Crippen molar-refractivity contribution in [3.8, 4) is 22.8 Å². The van der Waals surface area contributed by atoms with Crippen molar-refractivity contribution in [3.63, 3.8) is 0 Å². The maximum atomic E-state index is 4.91. The van der Waals surface area contributed by atoms with Crippen LogP contribution in [0.3, 0.4) is 0 Å². The van der Waals surface area contributed by atoms with Crippen LogP contribution in [0.25, 0.3) is 39.6 Å². The van der Waals surface area contributed by atoms with Crippen LogP contribution >= 0.6 is 0 Å². The lowest BCUT2D eigenvalue weighted by Gasteiger charge is -2.09. The maximum absolute atomic E-state index is 4.91. The Kier molecular flexibility index (Phi) is 3.28. The molecular formula is C22H16N4. The largest absolute Gasteiger partial charge is 0.260 e. The summed E-state index contributed by atoms with van der Waals surface area (Å²) in [5.41, 5.74) is 5.18. The van der Waals surface area contributed by atoms with E-state index in [1.807, 2.05) is 52.9 Å². The molecule has 0 aliphatic carbocycles. The summed E-state index contributed by atoms with van der Waals surface area (Å²) in [4.78, 5) is 14.3. The SMILES string of the molecule is Cc1ccc(-c2nc(-c3ccccc3)nc3nc4ccccc4n23)cc1. The van der Waals surface area contributed by atoms with Crippen LogP contribution in [-0.4, -0.2) is 19.4 Å². The average Bonchev–Trinajstić information content (AvgIpc) is 3.07. The van der Waals surface area contributed by atoms with E-state index < -0.39 is 0 Å². The Hall–Kier alpha value is -3.53. The second-order valence-electron chi connectivity index (χ2n) is 6.34. The van der Waals surface area contributed by atoms with Gasteiger partial charge in [-0.1, -0.05) is 72.3 Å². The van der Waals surface area contributed by atoms with Crippen LogP contribution in [0.15, 0.2) is 78.9 Å². The van der Waals surface area contributed by atoms with Crippen LogP contribution in [0.4, 0.5) is 0 Å². The fraction of sp³-hybridized carbons (Fsp3) is 0.0455. The van der Waals surface area contributed by atoms with Gasteiger partial charge in [0.2, 0.25) is 5.78 Å². The van der Waals surface area contributed by atoms with Crippen molar-refractivity contribution in [2.75, 3.05) is 0 Å². The molecule has 4 heteroatoms. The van der Waals surface area contributed by atoms with Crippen molar-refractivity contribution in [1.29, 1.82) is 0 Å². The van der Waals surface area contributed by atoms with E-state index in [1.165, 1.54) is 5.56 Å². The summed E-state index contributed by atoms with van der Waals surface area (Å²) in [6, 6.07) is 26.5. The van der Waals surface area contributed by atoms with E-state index >= 15 is 0 Å². The normalized spacial score (nSPS) is 11.3. The summed E-state index contributed by atoms with van der Waals surface area (Å²) in [6.07, 6.45) is 0. The first-order chi connectivity index (χ1) is 12.8. The van der Waals surface area contributed by atoms with Gasteiger partial charge in [-0.15, -0.1) is 0 Å². The molecule has 3 aromatic carbocycles. The molecule has 0 saturated heterocycles. The van der Waals surface area contributed by atoms with Gasteiger partial charge in [0, 0.05) is 11.1 Å². The lowest BCUT2D eigenvalue weighted by molar-refractivity contribution is 1.05. The molecular weight excluding hydrogens is 320 g/mol. The molecule has 0 aliphatic rings. The first kappa shape index (κ1) is 14.8. The van der Waals surface area contributed by atoms with Gasteiger partial charge in [-0.05, 0) is 19.1 Å². The maximum Gasteiger partial charge on any atom is 0.238 e. The third-order valence-corrected chi connectivity index (χ3v) is 4.51. The monoisotopic (exact) mass is 336 g/mol. The molecule has 0 amide bonds. The number of hydrogen-bond acceptors (Lipinski definition) is 3. The minimum Gasteiger partial charge on any atom is -0.260 e. The fourth-order valence-corrected chi connectivity index (χ4v) is 3.18. The van der Waals surface area contributed by atoms with E-state index in [-0.39, 0.29) is 0 Å². The van der Waals surface area contributed by atoms with Crippen molar-refractivity contribution in [1.82, 2.24) is 19.4 Å². The number of imidazole rings is 1. The number of fused-ring (bicyclic) bond motifs is 3. The smallest absolute Gasteiger partial charge is 0.238 e. The number of aryl methyl sites for hydroxylation is 1. The third kappa shape index (κ3) is 2.35. The molecule has 2 aromatic heterocycles. The van der Waals surface area contributed by atoms with Gasteiger partial charge in [0.05, 0.1) is 11.0 Å². The molecule has 0 fully saturated rings. The van der Waals surface area contributed by atoms with E-state index in [9.17, 15) is 0 Å². The van der Waals surface area contributed by atoms with Gasteiger partial charge >= 0.3 is 0 Å². The van der Waals surface area contributed by atoms with Crippen LogP contribution in [0.1, 0.15) is 5.56 Å². The number of aromatic nitrogens is 4. The van der Waals surface area contributed by atoms with Gasteiger partial charge in [-0.25, -0.2) is 9.97 Å². The van der Waals surface area contributed by atoms with E-state index in [4.69, 9.17) is 15.0 Å². The first-order valence-electron chi connectivity index (χ1n) is 8.57. The Morgan fingerprint density at radius 2 is 1.38 bits per heavy atom. The Bertz CT molecular complexity index is 1220. The topological polar surface area (TPSA) is 43.1 Å². The molecule has 5 aromatic rings. The van der Waals surface area contributed by atoms with Crippen molar-refractivity contribution in [2.24, 2.45) is 0 Å². The van der Waals surface area contributed by atoms with E-state index in [0.29, 0.717) is 11.6 Å².